The Morgan fingerprint density at radius 2 is 2.09 bits per heavy atom. The number of ether oxygens (including phenoxy) is 2. The average molecular weight is 319 g/mol. The SMILES string of the molecule is C#CCOC(=O)c1ccc(OCc2cccc(F)c2)c(Cl)c1. The Morgan fingerprint density at radius 3 is 2.77 bits per heavy atom. The molecule has 0 aromatic heterocycles. The molecule has 0 fully saturated rings. The summed E-state index contributed by atoms with van der Waals surface area (Å²) < 4.78 is 23.4. The molecule has 22 heavy (non-hydrogen) atoms. The number of hydrogen-bond donors (Lipinski definition) is 0. The number of halogens is 2. The first-order chi connectivity index (χ1) is 10.6. The second-order valence-electron chi connectivity index (χ2n) is 4.34. The van der Waals surface area contributed by atoms with Gasteiger partial charge in [-0.3, -0.25) is 0 Å². The van der Waals surface area contributed by atoms with Crippen LogP contribution in [0.4, 0.5) is 4.39 Å². The molecule has 0 heterocycles. The Kier molecular flexibility index (Phi) is 5.40. The summed E-state index contributed by atoms with van der Waals surface area (Å²) in [7, 11) is 0. The van der Waals surface area contributed by atoms with Crippen LogP contribution in [0.15, 0.2) is 42.5 Å². The van der Waals surface area contributed by atoms with Crippen LogP contribution in [0.3, 0.4) is 0 Å². The molecule has 0 amide bonds. The average Bonchev–Trinajstić information content (AvgIpc) is 2.51. The Labute approximate surface area is 132 Å². The number of benzene rings is 2. The predicted molar refractivity (Wildman–Crippen MR) is 81.3 cm³/mol. The second kappa shape index (κ2) is 7.48. The van der Waals surface area contributed by atoms with E-state index in [-0.39, 0.29) is 29.6 Å². The van der Waals surface area contributed by atoms with Gasteiger partial charge in [-0.05, 0) is 35.9 Å². The van der Waals surface area contributed by atoms with Crippen LogP contribution in [-0.2, 0) is 11.3 Å². The van der Waals surface area contributed by atoms with Crippen molar-refractivity contribution >= 4 is 17.6 Å². The van der Waals surface area contributed by atoms with E-state index in [1.54, 1.807) is 18.2 Å². The first kappa shape index (κ1) is 15.9. The van der Waals surface area contributed by atoms with E-state index in [9.17, 15) is 9.18 Å². The Balaban J connectivity index is 2.04. The summed E-state index contributed by atoms with van der Waals surface area (Å²) in [5, 5.41) is 0.256. The maximum absolute atomic E-state index is 13.1. The molecule has 2 aromatic rings. The monoisotopic (exact) mass is 318 g/mol. The quantitative estimate of drug-likeness (QED) is 0.620. The molecule has 0 saturated carbocycles. The predicted octanol–water partition coefficient (Wildman–Crippen LogP) is 3.85. The van der Waals surface area contributed by atoms with Crippen molar-refractivity contribution in [2.24, 2.45) is 0 Å². The number of esters is 1. The van der Waals surface area contributed by atoms with Crippen molar-refractivity contribution in [2.75, 3.05) is 6.61 Å². The molecular weight excluding hydrogens is 307 g/mol. The van der Waals surface area contributed by atoms with E-state index in [1.165, 1.54) is 24.3 Å². The third kappa shape index (κ3) is 4.24. The van der Waals surface area contributed by atoms with E-state index in [1.807, 2.05) is 0 Å². The minimum absolute atomic E-state index is 0.103. The highest BCUT2D eigenvalue weighted by molar-refractivity contribution is 6.32. The molecule has 3 nitrogen and oxygen atoms in total. The van der Waals surface area contributed by atoms with Crippen molar-refractivity contribution in [1.82, 2.24) is 0 Å². The lowest BCUT2D eigenvalue weighted by Gasteiger charge is -2.09. The molecule has 2 aromatic carbocycles. The molecule has 0 radical (unpaired) electrons. The molecule has 0 spiro atoms. The van der Waals surface area contributed by atoms with Gasteiger partial charge in [-0.15, -0.1) is 6.42 Å². The third-order valence-electron chi connectivity index (χ3n) is 2.74. The van der Waals surface area contributed by atoms with Crippen LogP contribution >= 0.6 is 11.6 Å². The molecule has 112 valence electrons. The fraction of sp³-hybridized carbons (Fsp3) is 0.118. The maximum Gasteiger partial charge on any atom is 0.339 e. The van der Waals surface area contributed by atoms with E-state index in [4.69, 9.17) is 27.5 Å². The summed E-state index contributed by atoms with van der Waals surface area (Å²) in [5.74, 6) is 1.70. The lowest BCUT2D eigenvalue weighted by atomic mass is 10.2. The number of hydrogen-bond acceptors (Lipinski definition) is 3. The summed E-state index contributed by atoms with van der Waals surface area (Å²) >= 11 is 6.06. The molecule has 0 N–H and O–H groups in total. The van der Waals surface area contributed by atoms with Gasteiger partial charge in [0.05, 0.1) is 10.6 Å². The molecule has 0 atom stereocenters. The van der Waals surface area contributed by atoms with E-state index < -0.39 is 5.97 Å². The molecular formula is C17H12ClFO3. The van der Waals surface area contributed by atoms with E-state index in [0.29, 0.717) is 11.3 Å². The third-order valence-corrected chi connectivity index (χ3v) is 3.03. The molecule has 0 aliphatic carbocycles. The largest absolute Gasteiger partial charge is 0.487 e. The minimum atomic E-state index is -0.559. The van der Waals surface area contributed by atoms with Crippen molar-refractivity contribution in [1.29, 1.82) is 0 Å². The lowest BCUT2D eigenvalue weighted by molar-refractivity contribution is 0.0556. The van der Waals surface area contributed by atoms with E-state index >= 15 is 0 Å². The van der Waals surface area contributed by atoms with Gasteiger partial charge in [0.2, 0.25) is 0 Å². The molecule has 0 aliphatic heterocycles. The minimum Gasteiger partial charge on any atom is -0.487 e. The van der Waals surface area contributed by atoms with Crippen molar-refractivity contribution in [3.8, 4) is 18.1 Å². The first-order valence-electron chi connectivity index (χ1n) is 6.37. The highest BCUT2D eigenvalue weighted by atomic mass is 35.5. The highest BCUT2D eigenvalue weighted by Gasteiger charge is 2.10. The number of carbonyl (C=O) groups excluding carboxylic acids is 1. The number of terminal acetylenes is 1. The molecule has 5 heteroatoms. The van der Waals surface area contributed by atoms with Crippen LogP contribution in [0, 0.1) is 18.2 Å². The highest BCUT2D eigenvalue weighted by Crippen LogP contribution is 2.26. The molecule has 0 bridgehead atoms. The summed E-state index contributed by atoms with van der Waals surface area (Å²) in [6, 6.07) is 10.6. The lowest BCUT2D eigenvalue weighted by Crippen LogP contribution is -2.05. The van der Waals surface area contributed by atoms with Crippen molar-refractivity contribution in [3.63, 3.8) is 0 Å². The Hall–Kier alpha value is -2.51. The van der Waals surface area contributed by atoms with E-state index in [2.05, 4.69) is 5.92 Å². The summed E-state index contributed by atoms with van der Waals surface area (Å²) in [6.45, 7) is 0.0621. The van der Waals surface area contributed by atoms with Gasteiger partial charge in [-0.1, -0.05) is 29.7 Å². The van der Waals surface area contributed by atoms with Gasteiger partial charge in [0.15, 0.2) is 6.61 Å². The van der Waals surface area contributed by atoms with Crippen molar-refractivity contribution in [2.45, 2.75) is 6.61 Å². The van der Waals surface area contributed by atoms with Crippen LogP contribution < -0.4 is 4.74 Å². The summed E-state index contributed by atoms with van der Waals surface area (Å²) in [4.78, 5) is 11.6. The first-order valence-corrected chi connectivity index (χ1v) is 6.75. The van der Waals surface area contributed by atoms with Gasteiger partial charge >= 0.3 is 5.97 Å². The molecule has 0 saturated heterocycles. The number of carbonyl (C=O) groups is 1. The van der Waals surface area contributed by atoms with Gasteiger partial charge in [0, 0.05) is 0 Å². The van der Waals surface area contributed by atoms with Gasteiger partial charge in [0.1, 0.15) is 18.2 Å². The van der Waals surface area contributed by atoms with Gasteiger partial charge in [-0.25, -0.2) is 9.18 Å². The van der Waals surface area contributed by atoms with Gasteiger partial charge < -0.3 is 9.47 Å². The van der Waals surface area contributed by atoms with E-state index in [0.717, 1.165) is 0 Å². The molecule has 0 aliphatic rings. The smallest absolute Gasteiger partial charge is 0.339 e. The second-order valence-corrected chi connectivity index (χ2v) is 4.75. The number of rotatable bonds is 5. The van der Waals surface area contributed by atoms with Gasteiger partial charge in [-0.2, -0.15) is 0 Å². The molecule has 0 unspecified atom stereocenters. The van der Waals surface area contributed by atoms with Crippen molar-refractivity contribution in [3.05, 3.63) is 64.4 Å². The zero-order valence-electron chi connectivity index (χ0n) is 11.5. The molecule has 2 rings (SSSR count). The maximum atomic E-state index is 13.1. The van der Waals surface area contributed by atoms with Crippen LogP contribution in [0.1, 0.15) is 15.9 Å². The van der Waals surface area contributed by atoms with Gasteiger partial charge in [0.25, 0.3) is 0 Å². The van der Waals surface area contributed by atoms with Crippen molar-refractivity contribution < 1.29 is 18.7 Å². The standard InChI is InChI=1S/C17H12ClFO3/c1-2-8-21-17(20)13-6-7-16(15(18)10-13)22-11-12-4-3-5-14(19)9-12/h1,3-7,9-10H,8,11H2. The Morgan fingerprint density at radius 1 is 1.27 bits per heavy atom. The van der Waals surface area contributed by atoms with Crippen LogP contribution in [0.25, 0.3) is 0 Å². The zero-order valence-corrected chi connectivity index (χ0v) is 12.3. The zero-order chi connectivity index (χ0) is 15.9. The fourth-order valence-corrected chi connectivity index (χ4v) is 1.96. The normalized spacial score (nSPS) is 9.86. The van der Waals surface area contributed by atoms with Crippen LogP contribution in [0.5, 0.6) is 5.75 Å². The fourth-order valence-electron chi connectivity index (χ4n) is 1.72. The summed E-state index contributed by atoms with van der Waals surface area (Å²) in [5.41, 5.74) is 0.951. The topological polar surface area (TPSA) is 35.5 Å². The van der Waals surface area contributed by atoms with Crippen LogP contribution in [-0.4, -0.2) is 12.6 Å². The van der Waals surface area contributed by atoms with Crippen LogP contribution in [0.2, 0.25) is 5.02 Å². The summed E-state index contributed by atoms with van der Waals surface area (Å²) in [6.07, 6.45) is 5.01. The Bertz CT molecular complexity index is 722.